The van der Waals surface area contributed by atoms with Gasteiger partial charge in [-0.05, 0) is 33.1 Å². The van der Waals surface area contributed by atoms with Gasteiger partial charge in [0.15, 0.2) is 5.60 Å². The number of rotatable bonds is 7. The Morgan fingerprint density at radius 2 is 1.94 bits per heavy atom. The normalized spacial score (nSPS) is 24.7. The van der Waals surface area contributed by atoms with E-state index in [-0.39, 0.29) is 19.6 Å². The summed E-state index contributed by atoms with van der Waals surface area (Å²) in [5.41, 5.74) is -1.86. The first kappa shape index (κ1) is 15.8. The van der Waals surface area contributed by atoms with Crippen LogP contribution in [0, 0.1) is 0 Å². The van der Waals surface area contributed by atoms with Crippen LogP contribution in [0.5, 0.6) is 0 Å². The van der Waals surface area contributed by atoms with Crippen LogP contribution in [0.3, 0.4) is 0 Å². The van der Waals surface area contributed by atoms with Gasteiger partial charge in [0.2, 0.25) is 0 Å². The van der Waals surface area contributed by atoms with Crippen molar-refractivity contribution >= 4 is 7.82 Å². The molecular weight excluding hydrogens is 265 g/mol. The van der Waals surface area contributed by atoms with Crippen molar-refractivity contribution in [3.63, 3.8) is 0 Å². The monoisotopic (exact) mass is 284 g/mol. The highest BCUT2D eigenvalue weighted by Crippen LogP contribution is 2.55. The second-order valence-corrected chi connectivity index (χ2v) is 5.52. The van der Waals surface area contributed by atoms with Gasteiger partial charge in [-0.1, -0.05) is 12.2 Å². The summed E-state index contributed by atoms with van der Waals surface area (Å²) in [6.45, 7) is 3.34. The second kappa shape index (κ2) is 6.75. The summed E-state index contributed by atoms with van der Waals surface area (Å²) >= 11 is 0. The molecule has 18 heavy (non-hydrogen) atoms. The van der Waals surface area contributed by atoms with Crippen LogP contribution < -0.4 is 0 Å². The van der Waals surface area contributed by atoms with Crippen LogP contribution in [0.15, 0.2) is 12.2 Å². The molecule has 1 aliphatic rings. The highest BCUT2D eigenvalue weighted by Gasteiger charge is 2.46. The SMILES string of the molecule is CCOP(=O)(OCC)OC1(C(F)F)C=CCCC1. The summed E-state index contributed by atoms with van der Waals surface area (Å²) in [4.78, 5) is 0. The van der Waals surface area contributed by atoms with Gasteiger partial charge in [0.05, 0.1) is 13.2 Å². The van der Waals surface area contributed by atoms with Crippen molar-refractivity contribution in [2.24, 2.45) is 0 Å². The lowest BCUT2D eigenvalue weighted by molar-refractivity contribution is -0.0727. The summed E-state index contributed by atoms with van der Waals surface area (Å²) < 4.78 is 53.4. The number of alkyl halides is 2. The molecule has 7 heteroatoms. The van der Waals surface area contributed by atoms with E-state index >= 15 is 0 Å². The lowest BCUT2D eigenvalue weighted by Crippen LogP contribution is -2.39. The Morgan fingerprint density at radius 1 is 1.33 bits per heavy atom. The van der Waals surface area contributed by atoms with Crippen LogP contribution in [0.4, 0.5) is 8.78 Å². The van der Waals surface area contributed by atoms with E-state index in [0.717, 1.165) is 0 Å². The Labute approximate surface area is 106 Å². The predicted molar refractivity (Wildman–Crippen MR) is 63.7 cm³/mol. The van der Waals surface area contributed by atoms with Gasteiger partial charge in [-0.25, -0.2) is 13.3 Å². The van der Waals surface area contributed by atoms with Crippen LogP contribution in [0.2, 0.25) is 0 Å². The fourth-order valence-electron chi connectivity index (χ4n) is 1.77. The minimum absolute atomic E-state index is 0.0698. The Kier molecular flexibility index (Phi) is 5.92. The zero-order valence-corrected chi connectivity index (χ0v) is 11.5. The third-order valence-corrected chi connectivity index (χ3v) is 4.28. The van der Waals surface area contributed by atoms with Crippen molar-refractivity contribution in [3.8, 4) is 0 Å². The lowest BCUT2D eigenvalue weighted by atomic mass is 9.92. The molecule has 0 amide bonds. The minimum atomic E-state index is -3.94. The van der Waals surface area contributed by atoms with Gasteiger partial charge in [0.25, 0.3) is 6.43 Å². The van der Waals surface area contributed by atoms with E-state index < -0.39 is 19.8 Å². The van der Waals surface area contributed by atoms with E-state index in [2.05, 4.69) is 0 Å². The van der Waals surface area contributed by atoms with Gasteiger partial charge in [-0.2, -0.15) is 0 Å². The van der Waals surface area contributed by atoms with Crippen LogP contribution in [0.1, 0.15) is 33.1 Å². The van der Waals surface area contributed by atoms with Gasteiger partial charge >= 0.3 is 7.82 Å². The molecule has 0 saturated carbocycles. The van der Waals surface area contributed by atoms with Crippen molar-refractivity contribution in [2.75, 3.05) is 13.2 Å². The standard InChI is InChI=1S/C11H19F2O4P/c1-3-15-18(14,16-4-2)17-11(10(12)13)8-6-5-7-9-11/h6,8,10H,3-5,7,9H2,1-2H3. The maximum absolute atomic E-state index is 13.2. The first-order valence-electron chi connectivity index (χ1n) is 6.03. The average Bonchev–Trinajstić information content (AvgIpc) is 2.30. The second-order valence-electron chi connectivity index (χ2n) is 3.92. The van der Waals surface area contributed by atoms with Gasteiger partial charge in [0.1, 0.15) is 0 Å². The van der Waals surface area contributed by atoms with E-state index in [1.807, 2.05) is 0 Å². The molecule has 1 rings (SSSR count). The molecule has 1 atom stereocenters. The predicted octanol–water partition coefficient (Wildman–Crippen LogP) is 3.93. The average molecular weight is 284 g/mol. The van der Waals surface area contributed by atoms with Crippen molar-refractivity contribution in [3.05, 3.63) is 12.2 Å². The molecule has 0 heterocycles. The van der Waals surface area contributed by atoms with E-state index in [9.17, 15) is 13.3 Å². The molecule has 0 aliphatic heterocycles. The smallest absolute Gasteiger partial charge is 0.287 e. The third-order valence-electron chi connectivity index (χ3n) is 2.56. The van der Waals surface area contributed by atoms with E-state index in [0.29, 0.717) is 12.8 Å². The molecule has 4 nitrogen and oxygen atoms in total. The number of hydrogen-bond acceptors (Lipinski definition) is 4. The maximum atomic E-state index is 13.2. The molecule has 1 unspecified atom stereocenters. The van der Waals surface area contributed by atoms with Gasteiger partial charge in [0, 0.05) is 0 Å². The van der Waals surface area contributed by atoms with E-state index in [1.165, 1.54) is 6.08 Å². The first-order valence-corrected chi connectivity index (χ1v) is 7.50. The molecule has 0 aromatic rings. The fourth-order valence-corrected chi connectivity index (χ4v) is 3.24. The zero-order valence-electron chi connectivity index (χ0n) is 10.6. The molecular formula is C11H19F2O4P. The number of allylic oxidation sites excluding steroid dienone is 1. The van der Waals surface area contributed by atoms with Gasteiger partial charge in [-0.15, -0.1) is 0 Å². The molecule has 1 aliphatic carbocycles. The molecule has 0 spiro atoms. The van der Waals surface area contributed by atoms with Crippen molar-refractivity contribution < 1.29 is 26.9 Å². The molecule has 0 N–H and O–H groups in total. The van der Waals surface area contributed by atoms with E-state index in [1.54, 1.807) is 19.9 Å². The molecule has 0 bridgehead atoms. The fraction of sp³-hybridized carbons (Fsp3) is 0.818. The van der Waals surface area contributed by atoms with E-state index in [4.69, 9.17) is 13.6 Å². The van der Waals surface area contributed by atoms with Crippen LogP contribution in [-0.4, -0.2) is 25.2 Å². The Bertz CT molecular complexity index is 325. The molecule has 0 aromatic carbocycles. The Hall–Kier alpha value is -0.290. The highest BCUT2D eigenvalue weighted by molar-refractivity contribution is 7.48. The lowest BCUT2D eigenvalue weighted by Gasteiger charge is -2.34. The Morgan fingerprint density at radius 3 is 2.33 bits per heavy atom. The number of phosphoric acid groups is 1. The number of hydrogen-bond donors (Lipinski definition) is 0. The van der Waals surface area contributed by atoms with Crippen LogP contribution in [0.25, 0.3) is 0 Å². The molecule has 0 saturated heterocycles. The Balaban J connectivity index is 2.90. The largest absolute Gasteiger partial charge is 0.475 e. The maximum Gasteiger partial charge on any atom is 0.475 e. The number of phosphoric ester groups is 1. The van der Waals surface area contributed by atoms with Gasteiger partial charge in [-0.3, -0.25) is 13.6 Å². The third kappa shape index (κ3) is 3.85. The molecule has 0 aromatic heterocycles. The van der Waals surface area contributed by atoms with Crippen molar-refractivity contribution in [2.45, 2.75) is 45.1 Å². The highest BCUT2D eigenvalue weighted by atomic mass is 31.2. The quantitative estimate of drug-likeness (QED) is 0.525. The van der Waals surface area contributed by atoms with Crippen LogP contribution in [-0.2, 0) is 18.1 Å². The molecule has 0 fully saturated rings. The van der Waals surface area contributed by atoms with Crippen molar-refractivity contribution in [1.29, 1.82) is 0 Å². The zero-order chi connectivity index (χ0) is 13.6. The summed E-state index contributed by atoms with van der Waals surface area (Å²) in [5.74, 6) is 0. The summed E-state index contributed by atoms with van der Waals surface area (Å²) in [6, 6.07) is 0. The molecule has 0 radical (unpaired) electrons. The van der Waals surface area contributed by atoms with Crippen molar-refractivity contribution in [1.82, 2.24) is 0 Å². The molecule has 106 valence electrons. The summed E-state index contributed by atoms with van der Waals surface area (Å²) in [5, 5.41) is 0. The number of halogens is 2. The van der Waals surface area contributed by atoms with Gasteiger partial charge < -0.3 is 0 Å². The summed E-state index contributed by atoms with van der Waals surface area (Å²) in [6.07, 6.45) is 1.47. The summed E-state index contributed by atoms with van der Waals surface area (Å²) in [7, 11) is -3.94. The topological polar surface area (TPSA) is 44.8 Å². The van der Waals surface area contributed by atoms with Crippen LogP contribution >= 0.6 is 7.82 Å². The minimum Gasteiger partial charge on any atom is -0.287 e. The first-order chi connectivity index (χ1) is 8.48.